The number of aliphatic carboxylic acids is 1. The Morgan fingerprint density at radius 2 is 1.91 bits per heavy atom. The van der Waals surface area contributed by atoms with Gasteiger partial charge < -0.3 is 10.4 Å². The van der Waals surface area contributed by atoms with E-state index in [1.807, 2.05) is 0 Å². The third kappa shape index (κ3) is 4.05. The van der Waals surface area contributed by atoms with Gasteiger partial charge in [-0.1, -0.05) is 12.5 Å². The van der Waals surface area contributed by atoms with Gasteiger partial charge in [0.25, 0.3) is 0 Å². The summed E-state index contributed by atoms with van der Waals surface area (Å²) in [6.45, 7) is 0. The molecule has 2 rings (SSSR count). The van der Waals surface area contributed by atoms with E-state index in [0.29, 0.717) is 31.4 Å². The minimum Gasteiger partial charge on any atom is -0.481 e. The topological polar surface area (TPSA) is 127 Å². The Morgan fingerprint density at radius 1 is 1.23 bits per heavy atom. The van der Waals surface area contributed by atoms with Crippen molar-refractivity contribution in [3.05, 3.63) is 24.3 Å². The summed E-state index contributed by atoms with van der Waals surface area (Å²) in [6, 6.07) is 5.66. The van der Waals surface area contributed by atoms with Crippen LogP contribution >= 0.6 is 0 Å². The number of nitrogens with two attached hydrogens (primary N) is 1. The van der Waals surface area contributed by atoms with Gasteiger partial charge in [0.1, 0.15) is 0 Å². The van der Waals surface area contributed by atoms with Crippen LogP contribution in [0, 0.1) is 11.8 Å². The van der Waals surface area contributed by atoms with Gasteiger partial charge in [-0.3, -0.25) is 9.59 Å². The lowest BCUT2D eigenvalue weighted by Gasteiger charge is -2.25. The molecule has 1 fully saturated rings. The number of sulfonamides is 1. The molecule has 1 aromatic carbocycles. The highest BCUT2D eigenvalue weighted by Crippen LogP contribution is 2.30. The fraction of sp³-hybridized carbons (Fsp3) is 0.429. The van der Waals surface area contributed by atoms with Gasteiger partial charge in [-0.15, -0.1) is 0 Å². The van der Waals surface area contributed by atoms with Crippen molar-refractivity contribution in [2.24, 2.45) is 17.0 Å². The highest BCUT2D eigenvalue weighted by Gasteiger charge is 2.31. The van der Waals surface area contributed by atoms with Crippen molar-refractivity contribution in [3.63, 3.8) is 0 Å². The maximum absolute atomic E-state index is 12.2. The van der Waals surface area contributed by atoms with E-state index in [4.69, 9.17) is 10.2 Å². The molecule has 0 aromatic heterocycles. The number of rotatable bonds is 4. The van der Waals surface area contributed by atoms with Crippen LogP contribution in [0.25, 0.3) is 0 Å². The summed E-state index contributed by atoms with van der Waals surface area (Å²) >= 11 is 0. The molecule has 22 heavy (non-hydrogen) atoms. The van der Waals surface area contributed by atoms with Crippen LogP contribution in [0.3, 0.4) is 0 Å². The molecule has 7 nitrogen and oxygen atoms in total. The third-order valence-corrected chi connectivity index (χ3v) is 4.74. The summed E-state index contributed by atoms with van der Waals surface area (Å²) < 4.78 is 22.6. The zero-order valence-corrected chi connectivity index (χ0v) is 12.7. The second-order valence-corrected chi connectivity index (χ2v) is 7.02. The highest BCUT2D eigenvalue weighted by atomic mass is 32.2. The van der Waals surface area contributed by atoms with E-state index < -0.39 is 21.9 Å². The molecule has 0 radical (unpaired) electrons. The molecule has 0 saturated heterocycles. The fourth-order valence-electron chi connectivity index (χ4n) is 2.65. The first kappa shape index (κ1) is 16.4. The maximum Gasteiger partial charge on any atom is 0.306 e. The molecule has 1 aromatic rings. The van der Waals surface area contributed by atoms with E-state index in [1.165, 1.54) is 18.2 Å². The summed E-state index contributed by atoms with van der Waals surface area (Å²) in [6.07, 6.45) is 2.20. The number of carbonyl (C=O) groups is 2. The van der Waals surface area contributed by atoms with Gasteiger partial charge in [0.15, 0.2) is 0 Å². The predicted octanol–water partition coefficient (Wildman–Crippen LogP) is 1.16. The van der Waals surface area contributed by atoms with E-state index in [9.17, 15) is 18.0 Å². The molecule has 1 aliphatic carbocycles. The number of primary sulfonamides is 1. The first-order valence-corrected chi connectivity index (χ1v) is 8.48. The first-order chi connectivity index (χ1) is 10.3. The number of nitrogens with one attached hydrogen (secondary N) is 1. The highest BCUT2D eigenvalue weighted by molar-refractivity contribution is 7.89. The Kier molecular flexibility index (Phi) is 4.82. The molecule has 1 aliphatic rings. The molecule has 120 valence electrons. The van der Waals surface area contributed by atoms with Crippen LogP contribution < -0.4 is 10.5 Å². The molecule has 2 unspecified atom stereocenters. The first-order valence-electron chi connectivity index (χ1n) is 6.94. The fourth-order valence-corrected chi connectivity index (χ4v) is 3.21. The van der Waals surface area contributed by atoms with Crippen LogP contribution in [0.15, 0.2) is 29.2 Å². The molecule has 0 heterocycles. The number of anilines is 1. The quantitative estimate of drug-likeness (QED) is 0.765. The van der Waals surface area contributed by atoms with Gasteiger partial charge in [0.2, 0.25) is 15.9 Å². The number of carboxylic acid groups (broad SMARTS) is 1. The zero-order valence-electron chi connectivity index (χ0n) is 11.9. The van der Waals surface area contributed by atoms with Crippen molar-refractivity contribution >= 4 is 27.6 Å². The summed E-state index contributed by atoms with van der Waals surface area (Å²) in [7, 11) is -3.84. The molecule has 0 bridgehead atoms. The van der Waals surface area contributed by atoms with Gasteiger partial charge in [-0.2, -0.15) is 0 Å². The molecule has 4 N–H and O–H groups in total. The summed E-state index contributed by atoms with van der Waals surface area (Å²) in [5, 5.41) is 16.7. The lowest BCUT2D eigenvalue weighted by atomic mass is 9.81. The van der Waals surface area contributed by atoms with Gasteiger partial charge >= 0.3 is 5.97 Å². The van der Waals surface area contributed by atoms with Crippen LogP contribution in [-0.4, -0.2) is 25.4 Å². The summed E-state index contributed by atoms with van der Waals surface area (Å²) in [5.74, 6) is -2.06. The summed E-state index contributed by atoms with van der Waals surface area (Å²) in [4.78, 5) is 23.1. The van der Waals surface area contributed by atoms with Crippen LogP contribution in [0.1, 0.15) is 25.7 Å². The second-order valence-electron chi connectivity index (χ2n) is 5.46. The minimum atomic E-state index is -3.84. The molecule has 2 atom stereocenters. The van der Waals surface area contributed by atoms with Crippen LogP contribution in [0.4, 0.5) is 5.69 Å². The normalized spacial score (nSPS) is 22.0. The summed E-state index contributed by atoms with van der Waals surface area (Å²) in [5.41, 5.74) is 0.328. The molecule has 0 aliphatic heterocycles. The number of carbonyl (C=O) groups excluding carboxylic acids is 1. The van der Waals surface area contributed by atoms with Gasteiger partial charge in [-0.25, -0.2) is 13.6 Å². The Morgan fingerprint density at radius 3 is 2.55 bits per heavy atom. The molecule has 8 heteroatoms. The number of benzene rings is 1. The Balaban J connectivity index is 2.07. The van der Waals surface area contributed by atoms with E-state index in [1.54, 1.807) is 6.07 Å². The zero-order chi connectivity index (χ0) is 16.3. The van der Waals surface area contributed by atoms with E-state index >= 15 is 0 Å². The molecular weight excluding hydrogens is 308 g/mol. The van der Waals surface area contributed by atoms with Crippen molar-refractivity contribution in [2.75, 3.05) is 5.32 Å². The SMILES string of the molecule is NS(=O)(=O)c1cccc(NC(=O)C2CCCC(C(=O)O)C2)c1. The van der Waals surface area contributed by atoms with Gasteiger partial charge in [0, 0.05) is 11.6 Å². The molecular formula is C14H18N2O5S. The van der Waals surface area contributed by atoms with Crippen molar-refractivity contribution < 1.29 is 23.1 Å². The monoisotopic (exact) mass is 326 g/mol. The van der Waals surface area contributed by atoms with Gasteiger partial charge in [0.05, 0.1) is 10.8 Å². The lowest BCUT2D eigenvalue weighted by Crippen LogP contribution is -2.31. The Bertz CT molecular complexity index is 686. The Labute approximate surface area is 128 Å². The van der Waals surface area contributed by atoms with Crippen molar-refractivity contribution in [1.29, 1.82) is 0 Å². The van der Waals surface area contributed by atoms with Crippen LogP contribution in [0.2, 0.25) is 0 Å². The largest absolute Gasteiger partial charge is 0.481 e. The number of hydrogen-bond donors (Lipinski definition) is 3. The van der Waals surface area contributed by atoms with Crippen LogP contribution in [-0.2, 0) is 19.6 Å². The predicted molar refractivity (Wildman–Crippen MR) is 79.5 cm³/mol. The second kappa shape index (κ2) is 6.45. The maximum atomic E-state index is 12.2. The van der Waals surface area contributed by atoms with Crippen LogP contribution in [0.5, 0.6) is 0 Å². The van der Waals surface area contributed by atoms with Crippen molar-refractivity contribution in [2.45, 2.75) is 30.6 Å². The third-order valence-electron chi connectivity index (χ3n) is 3.82. The van der Waals surface area contributed by atoms with E-state index in [-0.39, 0.29) is 16.7 Å². The number of carboxylic acids is 1. The molecule has 0 spiro atoms. The average Bonchev–Trinajstić information content (AvgIpc) is 2.46. The molecule has 1 saturated carbocycles. The minimum absolute atomic E-state index is 0.0858. The Hall–Kier alpha value is -1.93. The van der Waals surface area contributed by atoms with Crippen molar-refractivity contribution in [1.82, 2.24) is 0 Å². The smallest absolute Gasteiger partial charge is 0.306 e. The van der Waals surface area contributed by atoms with E-state index in [2.05, 4.69) is 5.32 Å². The average molecular weight is 326 g/mol. The number of amides is 1. The van der Waals surface area contributed by atoms with E-state index in [0.717, 1.165) is 0 Å². The molecule has 1 amide bonds. The van der Waals surface area contributed by atoms with Crippen molar-refractivity contribution in [3.8, 4) is 0 Å². The number of hydrogen-bond acceptors (Lipinski definition) is 4. The lowest BCUT2D eigenvalue weighted by molar-refractivity contribution is -0.143. The van der Waals surface area contributed by atoms with Gasteiger partial charge in [-0.05, 0) is 37.5 Å². The standard InChI is InChI=1S/C14H18N2O5S/c15-22(20,21)12-6-2-5-11(8-12)16-13(17)9-3-1-4-10(7-9)14(18)19/h2,5-6,8-10H,1,3-4,7H2,(H,16,17)(H,18,19)(H2,15,20,21).